The number of hydrogen-bond donors (Lipinski definition) is 0. The Balaban J connectivity index is 2.17. The normalized spacial score (nSPS) is 19.6. The first-order valence-electron chi connectivity index (χ1n) is 6.50. The zero-order valence-electron chi connectivity index (χ0n) is 10.6. The van der Waals surface area contributed by atoms with Gasteiger partial charge in [-0.1, -0.05) is 24.3 Å². The predicted molar refractivity (Wildman–Crippen MR) is 68.5 cm³/mol. The quantitative estimate of drug-likeness (QED) is 0.754. The third-order valence-electron chi connectivity index (χ3n) is 3.37. The number of fused-ring (bicyclic) bond motifs is 1. The molecular formula is C15H18O3. The van der Waals surface area contributed by atoms with E-state index >= 15 is 0 Å². The van der Waals surface area contributed by atoms with Crippen LogP contribution in [0.1, 0.15) is 42.1 Å². The summed E-state index contributed by atoms with van der Waals surface area (Å²) in [5, 5.41) is 0. The molecule has 0 spiro atoms. The van der Waals surface area contributed by atoms with Gasteiger partial charge in [-0.05, 0) is 31.7 Å². The number of rotatable bonds is 2. The van der Waals surface area contributed by atoms with E-state index in [4.69, 9.17) is 4.74 Å². The molecule has 1 aromatic carbocycles. The molecule has 3 heteroatoms. The molecule has 1 aliphatic carbocycles. The van der Waals surface area contributed by atoms with Crippen molar-refractivity contribution in [3.05, 3.63) is 35.4 Å². The van der Waals surface area contributed by atoms with Gasteiger partial charge in [-0.15, -0.1) is 0 Å². The van der Waals surface area contributed by atoms with E-state index in [9.17, 15) is 9.59 Å². The van der Waals surface area contributed by atoms with E-state index in [2.05, 4.69) is 0 Å². The van der Waals surface area contributed by atoms with Gasteiger partial charge in [-0.25, -0.2) is 0 Å². The minimum atomic E-state index is -0.272. The minimum Gasteiger partial charge on any atom is -0.466 e. The van der Waals surface area contributed by atoms with Gasteiger partial charge in [-0.2, -0.15) is 0 Å². The third kappa shape index (κ3) is 2.78. The van der Waals surface area contributed by atoms with Crippen molar-refractivity contribution < 1.29 is 14.3 Å². The molecule has 3 nitrogen and oxygen atoms in total. The third-order valence-corrected chi connectivity index (χ3v) is 3.37. The molecule has 0 radical (unpaired) electrons. The number of ketones is 1. The average Bonchev–Trinajstić information content (AvgIpc) is 2.36. The SMILES string of the molecule is CCOC(=O)C1CCCc2ccccc2C(=O)C1. The molecule has 0 saturated heterocycles. The summed E-state index contributed by atoms with van der Waals surface area (Å²) in [5.41, 5.74) is 1.87. The fourth-order valence-corrected chi connectivity index (χ4v) is 2.45. The number of Topliss-reactive ketones (excluding diaryl/α,β-unsaturated/α-hetero) is 1. The van der Waals surface area contributed by atoms with Gasteiger partial charge in [0.2, 0.25) is 0 Å². The Morgan fingerprint density at radius 1 is 1.39 bits per heavy atom. The fraction of sp³-hybridized carbons (Fsp3) is 0.467. The molecule has 1 aliphatic rings. The first-order chi connectivity index (χ1) is 8.72. The molecule has 0 aliphatic heterocycles. The van der Waals surface area contributed by atoms with Crippen LogP contribution < -0.4 is 0 Å². The van der Waals surface area contributed by atoms with E-state index < -0.39 is 0 Å². The van der Waals surface area contributed by atoms with Crippen LogP contribution in [0.25, 0.3) is 0 Å². The van der Waals surface area contributed by atoms with E-state index in [1.807, 2.05) is 24.3 Å². The van der Waals surface area contributed by atoms with Crippen molar-refractivity contribution in [3.8, 4) is 0 Å². The summed E-state index contributed by atoms with van der Waals surface area (Å²) in [5.74, 6) is -0.445. The van der Waals surface area contributed by atoms with Gasteiger partial charge in [0.15, 0.2) is 5.78 Å². The topological polar surface area (TPSA) is 43.4 Å². The van der Waals surface area contributed by atoms with E-state index in [1.54, 1.807) is 6.92 Å². The summed E-state index contributed by atoms with van der Waals surface area (Å²) in [6.45, 7) is 2.16. The summed E-state index contributed by atoms with van der Waals surface area (Å²) in [4.78, 5) is 23.9. The molecule has 0 aromatic heterocycles. The lowest BCUT2D eigenvalue weighted by Gasteiger charge is -2.19. The Kier molecular flexibility index (Phi) is 4.13. The second-order valence-electron chi connectivity index (χ2n) is 4.63. The van der Waals surface area contributed by atoms with E-state index in [0.29, 0.717) is 6.61 Å². The molecule has 0 fully saturated rings. The second kappa shape index (κ2) is 5.80. The first-order valence-corrected chi connectivity index (χ1v) is 6.50. The fourth-order valence-electron chi connectivity index (χ4n) is 2.45. The molecule has 1 atom stereocenters. The summed E-state index contributed by atoms with van der Waals surface area (Å²) in [7, 11) is 0. The van der Waals surface area contributed by atoms with Crippen LogP contribution in [0.2, 0.25) is 0 Å². The van der Waals surface area contributed by atoms with Gasteiger partial charge >= 0.3 is 5.97 Å². The molecule has 96 valence electrons. The molecule has 0 heterocycles. The zero-order valence-corrected chi connectivity index (χ0v) is 10.6. The largest absolute Gasteiger partial charge is 0.466 e. The van der Waals surface area contributed by atoms with Crippen molar-refractivity contribution in [1.29, 1.82) is 0 Å². The summed E-state index contributed by atoms with van der Waals surface area (Å²) < 4.78 is 5.02. The number of hydrogen-bond acceptors (Lipinski definition) is 3. The summed E-state index contributed by atoms with van der Waals surface area (Å²) in [6.07, 6.45) is 2.79. The van der Waals surface area contributed by atoms with Crippen molar-refractivity contribution in [2.24, 2.45) is 5.92 Å². The predicted octanol–water partition coefficient (Wildman–Crippen LogP) is 2.78. The Labute approximate surface area is 107 Å². The maximum absolute atomic E-state index is 12.2. The standard InChI is InChI=1S/C15H18O3/c1-2-18-15(17)12-8-5-7-11-6-3-4-9-13(11)14(16)10-12/h3-4,6,9,12H,2,5,7-8,10H2,1H3. The average molecular weight is 246 g/mol. The number of carbonyl (C=O) groups is 2. The van der Waals surface area contributed by atoms with Gasteiger partial charge in [0.05, 0.1) is 12.5 Å². The van der Waals surface area contributed by atoms with Crippen molar-refractivity contribution in [3.63, 3.8) is 0 Å². The van der Waals surface area contributed by atoms with E-state index in [0.717, 1.165) is 30.4 Å². The smallest absolute Gasteiger partial charge is 0.309 e. The lowest BCUT2D eigenvalue weighted by Crippen LogP contribution is -2.23. The van der Waals surface area contributed by atoms with Gasteiger partial charge in [0.25, 0.3) is 0 Å². The number of ether oxygens (including phenoxy) is 1. The maximum Gasteiger partial charge on any atom is 0.309 e. The Morgan fingerprint density at radius 2 is 2.17 bits per heavy atom. The van der Waals surface area contributed by atoms with Crippen LogP contribution in [0.3, 0.4) is 0 Å². The molecule has 18 heavy (non-hydrogen) atoms. The van der Waals surface area contributed by atoms with Crippen molar-refractivity contribution in [2.75, 3.05) is 6.61 Å². The van der Waals surface area contributed by atoms with Crippen molar-refractivity contribution in [2.45, 2.75) is 32.6 Å². The molecule has 1 aromatic rings. The highest BCUT2D eigenvalue weighted by atomic mass is 16.5. The maximum atomic E-state index is 12.2. The Hall–Kier alpha value is -1.64. The Bertz CT molecular complexity index is 451. The van der Waals surface area contributed by atoms with Crippen LogP contribution >= 0.6 is 0 Å². The highest BCUT2D eigenvalue weighted by Gasteiger charge is 2.26. The van der Waals surface area contributed by atoms with Crippen molar-refractivity contribution in [1.82, 2.24) is 0 Å². The molecule has 1 unspecified atom stereocenters. The molecule has 0 N–H and O–H groups in total. The van der Waals surface area contributed by atoms with Gasteiger partial charge in [0, 0.05) is 12.0 Å². The Morgan fingerprint density at radius 3 is 2.94 bits per heavy atom. The van der Waals surface area contributed by atoms with Crippen molar-refractivity contribution >= 4 is 11.8 Å². The first kappa shape index (κ1) is 12.8. The van der Waals surface area contributed by atoms with Crippen LogP contribution in [0, 0.1) is 5.92 Å². The zero-order chi connectivity index (χ0) is 13.0. The van der Waals surface area contributed by atoms with Crippen LogP contribution in [0.5, 0.6) is 0 Å². The van der Waals surface area contributed by atoms with E-state index in [-0.39, 0.29) is 24.1 Å². The molecular weight excluding hydrogens is 228 g/mol. The molecule has 2 rings (SSSR count). The second-order valence-corrected chi connectivity index (χ2v) is 4.63. The highest BCUT2D eigenvalue weighted by molar-refractivity contribution is 5.99. The molecule has 0 saturated carbocycles. The number of esters is 1. The van der Waals surface area contributed by atoms with Crippen LogP contribution in [0.15, 0.2) is 24.3 Å². The van der Waals surface area contributed by atoms with Crippen LogP contribution in [0.4, 0.5) is 0 Å². The van der Waals surface area contributed by atoms with Crippen LogP contribution in [-0.2, 0) is 16.0 Å². The monoisotopic (exact) mass is 246 g/mol. The lowest BCUT2D eigenvalue weighted by molar-refractivity contribution is -0.148. The molecule has 0 bridgehead atoms. The number of benzene rings is 1. The minimum absolute atomic E-state index is 0.0587. The number of aryl methyl sites for hydroxylation is 1. The van der Waals surface area contributed by atoms with Crippen LogP contribution in [-0.4, -0.2) is 18.4 Å². The van der Waals surface area contributed by atoms with E-state index in [1.165, 1.54) is 0 Å². The van der Waals surface area contributed by atoms with Gasteiger partial charge < -0.3 is 4.74 Å². The molecule has 0 amide bonds. The lowest BCUT2D eigenvalue weighted by atomic mass is 9.86. The summed E-state index contributed by atoms with van der Waals surface area (Å²) in [6, 6.07) is 7.68. The highest BCUT2D eigenvalue weighted by Crippen LogP contribution is 2.24. The van der Waals surface area contributed by atoms with Gasteiger partial charge in [0.1, 0.15) is 0 Å². The summed E-state index contributed by atoms with van der Waals surface area (Å²) >= 11 is 0. The number of carbonyl (C=O) groups excluding carboxylic acids is 2. The van der Waals surface area contributed by atoms with Gasteiger partial charge in [-0.3, -0.25) is 9.59 Å².